The van der Waals surface area contributed by atoms with Crippen LogP contribution in [0.2, 0.25) is 0 Å². The van der Waals surface area contributed by atoms with E-state index in [1.165, 1.54) is 0 Å². The Morgan fingerprint density at radius 2 is 2.15 bits per heavy atom. The van der Waals surface area contributed by atoms with E-state index in [0.29, 0.717) is 12.0 Å². The molecule has 112 valence electrons. The number of hydrogen-bond donors (Lipinski definition) is 2. The topological polar surface area (TPSA) is 70.3 Å². The van der Waals surface area contributed by atoms with E-state index in [4.69, 9.17) is 5.84 Å². The van der Waals surface area contributed by atoms with Crippen LogP contribution in [0.4, 0.5) is 11.6 Å². The van der Waals surface area contributed by atoms with Gasteiger partial charge < -0.3 is 10.3 Å². The molecule has 20 heavy (non-hydrogen) atoms. The molecule has 2 heterocycles. The van der Waals surface area contributed by atoms with Crippen LogP contribution in [0.1, 0.15) is 39.2 Å². The molecule has 1 aliphatic heterocycles. The molecule has 1 fully saturated rings. The van der Waals surface area contributed by atoms with Gasteiger partial charge in [-0.15, -0.1) is 0 Å². The first-order chi connectivity index (χ1) is 9.58. The molecular formula is C14H26N6. The average molecular weight is 278 g/mol. The highest BCUT2D eigenvalue weighted by Crippen LogP contribution is 2.31. The highest BCUT2D eigenvalue weighted by Gasteiger charge is 2.26. The maximum absolute atomic E-state index is 5.59. The van der Waals surface area contributed by atoms with Crippen LogP contribution in [0.25, 0.3) is 0 Å². The van der Waals surface area contributed by atoms with Crippen molar-refractivity contribution in [2.24, 2.45) is 5.84 Å². The molecule has 0 bridgehead atoms. The van der Waals surface area contributed by atoms with Crippen LogP contribution in [-0.2, 0) is 0 Å². The minimum absolute atomic E-state index is 0.330. The third-order valence-electron chi connectivity index (χ3n) is 4.05. The zero-order valence-corrected chi connectivity index (χ0v) is 12.9. The van der Waals surface area contributed by atoms with Crippen LogP contribution in [0.3, 0.4) is 0 Å². The van der Waals surface area contributed by atoms with Crippen molar-refractivity contribution in [1.82, 2.24) is 14.9 Å². The van der Waals surface area contributed by atoms with Gasteiger partial charge in [-0.25, -0.2) is 15.8 Å². The van der Waals surface area contributed by atoms with E-state index >= 15 is 0 Å². The Balaban J connectivity index is 2.29. The smallest absolute Gasteiger partial charge is 0.148 e. The maximum Gasteiger partial charge on any atom is 0.148 e. The maximum atomic E-state index is 5.59. The third-order valence-corrected chi connectivity index (χ3v) is 4.05. The van der Waals surface area contributed by atoms with Gasteiger partial charge in [-0.3, -0.25) is 4.90 Å². The Labute approximate surface area is 121 Å². The van der Waals surface area contributed by atoms with Crippen molar-refractivity contribution < 1.29 is 0 Å². The summed E-state index contributed by atoms with van der Waals surface area (Å²) < 4.78 is 0. The summed E-state index contributed by atoms with van der Waals surface area (Å²) in [6.45, 7) is 13.0. The molecule has 1 atom stereocenters. The first-order valence-electron chi connectivity index (χ1n) is 7.39. The van der Waals surface area contributed by atoms with E-state index in [9.17, 15) is 0 Å². The second-order valence-corrected chi connectivity index (χ2v) is 5.68. The van der Waals surface area contributed by atoms with Crippen LogP contribution in [0.5, 0.6) is 0 Å². The van der Waals surface area contributed by atoms with E-state index in [0.717, 1.165) is 43.4 Å². The van der Waals surface area contributed by atoms with Crippen molar-refractivity contribution in [3.05, 3.63) is 11.9 Å². The Morgan fingerprint density at radius 1 is 1.40 bits per heavy atom. The minimum atomic E-state index is 0.330. The standard InChI is InChI=1S/C14H26N6/c1-5-19-6-7-20(8-11(19)4)14-12(10(2)3)13(18-15)16-9-17-14/h9-11H,5-8,15H2,1-4H3,(H,16,17,18). The van der Waals surface area contributed by atoms with Crippen molar-refractivity contribution in [1.29, 1.82) is 0 Å². The molecule has 1 aromatic heterocycles. The van der Waals surface area contributed by atoms with Gasteiger partial charge in [0, 0.05) is 31.2 Å². The fourth-order valence-electron chi connectivity index (χ4n) is 2.94. The molecule has 1 aromatic rings. The largest absolute Gasteiger partial charge is 0.353 e. The fourth-order valence-corrected chi connectivity index (χ4v) is 2.94. The summed E-state index contributed by atoms with van der Waals surface area (Å²) in [5.41, 5.74) is 3.80. The van der Waals surface area contributed by atoms with Crippen molar-refractivity contribution in [2.45, 2.75) is 39.7 Å². The normalized spacial score (nSPS) is 20.5. The van der Waals surface area contributed by atoms with E-state index in [1.807, 2.05) is 0 Å². The number of hydrogen-bond acceptors (Lipinski definition) is 6. The molecular weight excluding hydrogens is 252 g/mol. The Kier molecular flexibility index (Phi) is 4.77. The molecule has 1 aliphatic rings. The summed E-state index contributed by atoms with van der Waals surface area (Å²) in [5, 5.41) is 0. The minimum Gasteiger partial charge on any atom is -0.353 e. The van der Waals surface area contributed by atoms with Gasteiger partial charge in [0.1, 0.15) is 18.0 Å². The number of aromatic nitrogens is 2. The van der Waals surface area contributed by atoms with E-state index in [2.05, 4.69) is 52.9 Å². The zero-order chi connectivity index (χ0) is 14.7. The summed E-state index contributed by atoms with van der Waals surface area (Å²) >= 11 is 0. The van der Waals surface area contributed by atoms with Crippen molar-refractivity contribution in [3.8, 4) is 0 Å². The van der Waals surface area contributed by atoms with Crippen LogP contribution >= 0.6 is 0 Å². The molecule has 2 rings (SSSR count). The SMILES string of the molecule is CCN1CCN(c2ncnc(NN)c2C(C)C)CC1C. The summed E-state index contributed by atoms with van der Waals surface area (Å²) in [6, 6.07) is 0.540. The van der Waals surface area contributed by atoms with Crippen LogP contribution in [0.15, 0.2) is 6.33 Å². The molecule has 0 spiro atoms. The van der Waals surface area contributed by atoms with Gasteiger partial charge in [0.05, 0.1) is 0 Å². The van der Waals surface area contributed by atoms with E-state index < -0.39 is 0 Å². The lowest BCUT2D eigenvalue weighted by Crippen LogP contribution is -2.52. The zero-order valence-electron chi connectivity index (χ0n) is 12.9. The Morgan fingerprint density at radius 3 is 2.70 bits per heavy atom. The lowest BCUT2D eigenvalue weighted by molar-refractivity contribution is 0.199. The van der Waals surface area contributed by atoms with Gasteiger partial charge in [0.25, 0.3) is 0 Å². The number of anilines is 2. The number of rotatable bonds is 4. The highest BCUT2D eigenvalue weighted by atomic mass is 15.3. The van der Waals surface area contributed by atoms with E-state index in [-0.39, 0.29) is 0 Å². The first-order valence-corrected chi connectivity index (χ1v) is 7.39. The summed E-state index contributed by atoms with van der Waals surface area (Å²) in [4.78, 5) is 13.6. The van der Waals surface area contributed by atoms with Gasteiger partial charge >= 0.3 is 0 Å². The molecule has 0 aromatic carbocycles. The molecule has 6 heteroatoms. The van der Waals surface area contributed by atoms with Gasteiger partial charge in [-0.05, 0) is 19.4 Å². The van der Waals surface area contributed by atoms with Crippen molar-refractivity contribution >= 4 is 11.6 Å². The summed E-state index contributed by atoms with van der Waals surface area (Å²) in [5.74, 6) is 7.67. The summed E-state index contributed by atoms with van der Waals surface area (Å²) in [6.07, 6.45) is 1.59. The van der Waals surface area contributed by atoms with E-state index in [1.54, 1.807) is 6.33 Å². The van der Waals surface area contributed by atoms with Crippen LogP contribution in [-0.4, -0.2) is 47.1 Å². The number of hydrazine groups is 1. The fraction of sp³-hybridized carbons (Fsp3) is 0.714. The monoisotopic (exact) mass is 278 g/mol. The second kappa shape index (κ2) is 6.37. The van der Waals surface area contributed by atoms with Gasteiger partial charge in [0.15, 0.2) is 0 Å². The predicted octanol–water partition coefficient (Wildman–Crippen LogP) is 1.42. The molecule has 0 saturated carbocycles. The summed E-state index contributed by atoms with van der Waals surface area (Å²) in [7, 11) is 0. The average Bonchev–Trinajstić information content (AvgIpc) is 2.46. The van der Waals surface area contributed by atoms with Crippen LogP contribution in [0, 0.1) is 0 Å². The Hall–Kier alpha value is -1.40. The Bertz CT molecular complexity index is 447. The lowest BCUT2D eigenvalue weighted by atomic mass is 10.0. The van der Waals surface area contributed by atoms with Gasteiger partial charge in [-0.2, -0.15) is 0 Å². The number of likely N-dealkylation sites (N-methyl/N-ethyl adjacent to an activating group) is 1. The molecule has 0 amide bonds. The molecule has 0 aliphatic carbocycles. The number of nitrogens with two attached hydrogens (primary N) is 1. The molecule has 1 unspecified atom stereocenters. The van der Waals surface area contributed by atoms with Crippen molar-refractivity contribution in [2.75, 3.05) is 36.5 Å². The second-order valence-electron chi connectivity index (χ2n) is 5.68. The third kappa shape index (κ3) is 2.86. The number of nitrogen functional groups attached to an aromatic ring is 1. The van der Waals surface area contributed by atoms with Crippen molar-refractivity contribution in [3.63, 3.8) is 0 Å². The predicted molar refractivity (Wildman–Crippen MR) is 82.9 cm³/mol. The molecule has 1 saturated heterocycles. The quantitative estimate of drug-likeness (QED) is 0.641. The van der Waals surface area contributed by atoms with Gasteiger partial charge in [0.2, 0.25) is 0 Å². The molecule has 6 nitrogen and oxygen atoms in total. The lowest BCUT2D eigenvalue weighted by Gasteiger charge is -2.40. The molecule has 0 radical (unpaired) electrons. The number of piperazine rings is 1. The van der Waals surface area contributed by atoms with Gasteiger partial charge in [-0.1, -0.05) is 20.8 Å². The first kappa shape index (κ1) is 15.0. The molecule has 3 N–H and O–H groups in total. The number of nitrogens with zero attached hydrogens (tertiary/aromatic N) is 4. The highest BCUT2D eigenvalue weighted by molar-refractivity contribution is 5.60. The number of nitrogens with one attached hydrogen (secondary N) is 1. The van der Waals surface area contributed by atoms with Crippen LogP contribution < -0.4 is 16.2 Å².